The van der Waals surface area contributed by atoms with Crippen LogP contribution in [0.4, 0.5) is 0 Å². The monoisotopic (exact) mass is 355 g/mol. The minimum absolute atomic E-state index is 0.133. The summed E-state index contributed by atoms with van der Waals surface area (Å²) in [5.41, 5.74) is 1.06. The highest BCUT2D eigenvalue weighted by atomic mass is 32.2. The first kappa shape index (κ1) is 19.4. The van der Waals surface area contributed by atoms with Gasteiger partial charge in [0.2, 0.25) is 10.0 Å². The van der Waals surface area contributed by atoms with Gasteiger partial charge in [-0.05, 0) is 52.2 Å². The summed E-state index contributed by atoms with van der Waals surface area (Å²) in [5, 5.41) is 0. The van der Waals surface area contributed by atoms with Crippen LogP contribution in [0.1, 0.15) is 45.1 Å². The fourth-order valence-corrected chi connectivity index (χ4v) is 4.43. The van der Waals surface area contributed by atoms with Gasteiger partial charge in [-0.1, -0.05) is 24.1 Å². The highest BCUT2D eigenvalue weighted by molar-refractivity contribution is 7.89. The summed E-state index contributed by atoms with van der Waals surface area (Å²) in [6.45, 7) is 7.81. The Morgan fingerprint density at radius 2 is 1.75 bits per heavy atom. The van der Waals surface area contributed by atoms with Crippen LogP contribution in [-0.4, -0.2) is 44.8 Å². The predicted octanol–water partition coefficient (Wildman–Crippen LogP) is 3.33. The lowest BCUT2D eigenvalue weighted by Crippen LogP contribution is -2.17. The van der Waals surface area contributed by atoms with Gasteiger partial charge in [-0.25, -0.2) is 8.42 Å². The van der Waals surface area contributed by atoms with Crippen molar-refractivity contribution in [1.29, 1.82) is 0 Å². The third-order valence-corrected chi connectivity index (χ3v) is 6.16. The van der Waals surface area contributed by atoms with Gasteiger partial charge in [-0.15, -0.1) is 0 Å². The number of aryl methyl sites for hydroxylation is 1. The first-order chi connectivity index (χ1) is 11.5. The Kier molecular flexibility index (Phi) is 7.22. The smallest absolute Gasteiger partial charge is 0.243 e. The van der Waals surface area contributed by atoms with Crippen molar-refractivity contribution < 1.29 is 17.9 Å². The number of nitrogens with zero attached hydrogens (tertiary/aromatic N) is 1. The average Bonchev–Trinajstić information content (AvgIpc) is 3.33. The second kappa shape index (κ2) is 8.94. The van der Waals surface area contributed by atoms with Gasteiger partial charge in [0.05, 0.1) is 4.90 Å². The van der Waals surface area contributed by atoms with Crippen LogP contribution in [0.2, 0.25) is 0 Å². The molecule has 0 saturated carbocycles. The van der Waals surface area contributed by atoms with E-state index >= 15 is 0 Å². The van der Waals surface area contributed by atoms with Crippen LogP contribution in [0, 0.1) is 6.92 Å². The van der Waals surface area contributed by atoms with Gasteiger partial charge in [-0.2, -0.15) is 4.31 Å². The topological polar surface area (TPSA) is 55.6 Å². The molecular weight excluding hydrogens is 326 g/mol. The highest BCUT2D eigenvalue weighted by Gasteiger charge is 2.43. The van der Waals surface area contributed by atoms with Gasteiger partial charge >= 0.3 is 0 Å². The van der Waals surface area contributed by atoms with Gasteiger partial charge in [0, 0.05) is 25.8 Å². The highest BCUT2D eigenvalue weighted by Crippen LogP contribution is 2.31. The molecule has 0 amide bonds. The van der Waals surface area contributed by atoms with Crippen molar-refractivity contribution in [3.63, 3.8) is 0 Å². The Balaban J connectivity index is 1.74. The number of rotatable bonds is 11. The minimum atomic E-state index is -3.32. The molecule has 6 heteroatoms. The van der Waals surface area contributed by atoms with E-state index in [1.807, 2.05) is 32.9 Å². The molecule has 0 spiro atoms. The average molecular weight is 356 g/mol. The molecule has 24 heavy (non-hydrogen) atoms. The fourth-order valence-electron chi connectivity index (χ4n) is 2.81. The normalized spacial score (nSPS) is 20.5. The number of ether oxygens (including phenoxy) is 2. The van der Waals surface area contributed by atoms with Gasteiger partial charge in [-0.3, -0.25) is 0 Å². The van der Waals surface area contributed by atoms with Gasteiger partial charge in [0.1, 0.15) is 0 Å². The second-order valence-corrected chi connectivity index (χ2v) is 8.06. The lowest BCUT2D eigenvalue weighted by molar-refractivity contribution is -0.140. The van der Waals surface area contributed by atoms with Crippen molar-refractivity contribution in [1.82, 2.24) is 4.31 Å². The lowest BCUT2D eigenvalue weighted by Gasteiger charge is -2.16. The molecule has 0 aromatic heterocycles. The Morgan fingerprint density at radius 1 is 1.12 bits per heavy atom. The zero-order valence-electron chi connectivity index (χ0n) is 14.9. The summed E-state index contributed by atoms with van der Waals surface area (Å²) >= 11 is 0. The van der Waals surface area contributed by atoms with Crippen molar-refractivity contribution in [3.8, 4) is 0 Å². The first-order valence-electron chi connectivity index (χ1n) is 8.80. The Hall–Kier alpha value is -0.950. The van der Waals surface area contributed by atoms with Crippen LogP contribution in [0.3, 0.4) is 0 Å². The SMILES string of the molecule is CCOC(CCCCC1CN1S(=O)(=O)c1ccc(C)cc1)OCC. The van der Waals surface area contributed by atoms with E-state index in [1.54, 1.807) is 16.4 Å². The molecule has 1 aromatic rings. The zero-order chi connectivity index (χ0) is 17.6. The first-order valence-corrected chi connectivity index (χ1v) is 10.2. The van der Waals surface area contributed by atoms with Crippen molar-refractivity contribution >= 4 is 10.0 Å². The molecule has 136 valence electrons. The summed E-state index contributed by atoms with van der Waals surface area (Å²) in [6, 6.07) is 7.21. The summed E-state index contributed by atoms with van der Waals surface area (Å²) in [5.74, 6) is 0. The van der Waals surface area contributed by atoms with Crippen LogP contribution < -0.4 is 0 Å². The third kappa shape index (κ3) is 5.28. The molecule has 1 fully saturated rings. The molecular formula is C18H29NO4S. The standard InChI is InChI=1S/C18H29NO4S/c1-4-22-18(23-5-2)9-7-6-8-16-14-19(16)24(20,21)17-12-10-15(3)11-13-17/h10-13,16,18H,4-9,14H2,1-3H3. The van der Waals surface area contributed by atoms with E-state index in [2.05, 4.69) is 0 Å². The molecule has 1 heterocycles. The molecule has 2 unspecified atom stereocenters. The Bertz CT molecular complexity index is 594. The molecule has 0 N–H and O–H groups in total. The molecule has 1 aromatic carbocycles. The largest absolute Gasteiger partial charge is 0.353 e. The van der Waals surface area contributed by atoms with E-state index in [9.17, 15) is 8.42 Å². The summed E-state index contributed by atoms with van der Waals surface area (Å²) in [7, 11) is -3.32. The number of hydrogen-bond acceptors (Lipinski definition) is 4. The van der Waals surface area contributed by atoms with Gasteiger partial charge in [0.15, 0.2) is 6.29 Å². The maximum Gasteiger partial charge on any atom is 0.243 e. The van der Waals surface area contributed by atoms with Crippen LogP contribution in [0.5, 0.6) is 0 Å². The zero-order valence-corrected chi connectivity index (χ0v) is 15.7. The number of unbranched alkanes of at least 4 members (excludes halogenated alkanes) is 1. The molecule has 1 aliphatic heterocycles. The second-order valence-electron chi connectivity index (χ2n) is 6.17. The predicted molar refractivity (Wildman–Crippen MR) is 94.4 cm³/mol. The van der Waals surface area contributed by atoms with E-state index in [4.69, 9.17) is 9.47 Å². The third-order valence-electron chi connectivity index (χ3n) is 4.22. The summed E-state index contributed by atoms with van der Waals surface area (Å²) in [6.07, 6.45) is 3.60. The van der Waals surface area contributed by atoms with Crippen LogP contribution in [0.25, 0.3) is 0 Å². The van der Waals surface area contributed by atoms with Gasteiger partial charge < -0.3 is 9.47 Å². The van der Waals surface area contributed by atoms with Crippen molar-refractivity contribution in [2.45, 2.75) is 63.7 Å². The Labute approximate surface area is 146 Å². The fraction of sp³-hybridized carbons (Fsp3) is 0.667. The molecule has 1 aliphatic rings. The van der Waals surface area contributed by atoms with Crippen LogP contribution in [-0.2, 0) is 19.5 Å². The molecule has 0 aliphatic carbocycles. The van der Waals surface area contributed by atoms with Gasteiger partial charge in [0.25, 0.3) is 0 Å². The van der Waals surface area contributed by atoms with Crippen LogP contribution in [0.15, 0.2) is 29.2 Å². The Morgan fingerprint density at radius 3 is 2.33 bits per heavy atom. The molecule has 5 nitrogen and oxygen atoms in total. The number of sulfonamides is 1. The number of benzene rings is 1. The van der Waals surface area contributed by atoms with E-state index in [0.29, 0.717) is 24.7 Å². The molecule has 2 rings (SSSR count). The lowest BCUT2D eigenvalue weighted by atomic mass is 10.1. The van der Waals surface area contributed by atoms with Crippen molar-refractivity contribution in [3.05, 3.63) is 29.8 Å². The van der Waals surface area contributed by atoms with E-state index in [0.717, 1.165) is 31.2 Å². The van der Waals surface area contributed by atoms with E-state index < -0.39 is 10.0 Å². The molecule has 1 saturated heterocycles. The molecule has 2 atom stereocenters. The summed E-state index contributed by atoms with van der Waals surface area (Å²) < 4.78 is 37.7. The summed E-state index contributed by atoms with van der Waals surface area (Å²) in [4.78, 5) is 0.392. The quantitative estimate of drug-likeness (QED) is 0.347. The molecule has 0 bridgehead atoms. The molecule has 0 radical (unpaired) electrons. The van der Waals surface area contributed by atoms with E-state index in [-0.39, 0.29) is 12.3 Å². The van der Waals surface area contributed by atoms with E-state index in [1.165, 1.54) is 0 Å². The number of hydrogen-bond donors (Lipinski definition) is 0. The maximum absolute atomic E-state index is 12.5. The minimum Gasteiger partial charge on any atom is -0.353 e. The van der Waals surface area contributed by atoms with Crippen molar-refractivity contribution in [2.24, 2.45) is 0 Å². The maximum atomic E-state index is 12.5. The van der Waals surface area contributed by atoms with Crippen LogP contribution >= 0.6 is 0 Å². The van der Waals surface area contributed by atoms with Crippen molar-refractivity contribution in [2.75, 3.05) is 19.8 Å².